The molecule has 0 atom stereocenters. The van der Waals surface area contributed by atoms with Gasteiger partial charge in [0.05, 0.1) is 16.7 Å². The van der Waals surface area contributed by atoms with Crippen LogP contribution >= 0.6 is 0 Å². The zero-order valence-electron chi connectivity index (χ0n) is 12.2. The highest BCUT2D eigenvalue weighted by molar-refractivity contribution is 6.05. The Kier molecular flexibility index (Phi) is 2.85. The summed E-state index contributed by atoms with van der Waals surface area (Å²) in [6.45, 7) is 0. The molecule has 2 N–H and O–H groups in total. The Morgan fingerprint density at radius 2 is 2.00 bits per heavy atom. The van der Waals surface area contributed by atoms with Gasteiger partial charge in [0.15, 0.2) is 0 Å². The van der Waals surface area contributed by atoms with Gasteiger partial charge in [-0.25, -0.2) is 10.4 Å². The number of hydrazone groups is 1. The van der Waals surface area contributed by atoms with E-state index in [1.54, 1.807) is 6.07 Å². The standard InChI is InChI=1S/C17H16N4O/c1-21-15-7-3-2-6-14(15)18-17(21)20-19-13-10-9-12-11(13)5-4-8-16(12)22/h2-8,22H,9-10H2,1H3,(H,18,20)/b19-13+. The molecule has 5 nitrogen and oxygen atoms in total. The number of aromatic nitrogens is 2. The van der Waals surface area contributed by atoms with Crippen LogP contribution < -0.4 is 5.43 Å². The Bertz CT molecular complexity index is 895. The summed E-state index contributed by atoms with van der Waals surface area (Å²) in [6.07, 6.45) is 1.65. The van der Waals surface area contributed by atoms with Gasteiger partial charge in [0.25, 0.3) is 0 Å². The minimum absolute atomic E-state index is 0.352. The van der Waals surface area contributed by atoms with E-state index in [4.69, 9.17) is 0 Å². The van der Waals surface area contributed by atoms with Crippen molar-refractivity contribution in [3.05, 3.63) is 53.6 Å². The molecule has 0 spiro atoms. The molecule has 0 aliphatic heterocycles. The molecule has 110 valence electrons. The number of phenols is 1. The quantitative estimate of drug-likeness (QED) is 0.714. The Morgan fingerprint density at radius 3 is 2.86 bits per heavy atom. The summed E-state index contributed by atoms with van der Waals surface area (Å²) in [6, 6.07) is 13.6. The summed E-state index contributed by atoms with van der Waals surface area (Å²) in [7, 11) is 1.96. The van der Waals surface area contributed by atoms with Crippen molar-refractivity contribution in [2.24, 2.45) is 12.1 Å². The van der Waals surface area contributed by atoms with E-state index in [-0.39, 0.29) is 0 Å². The van der Waals surface area contributed by atoms with Crippen molar-refractivity contribution in [3.8, 4) is 5.75 Å². The Hall–Kier alpha value is -2.82. The number of phenolic OH excluding ortho intramolecular Hbond substituents is 1. The number of hydrogen-bond donors (Lipinski definition) is 2. The number of imidazole rings is 1. The Labute approximate surface area is 127 Å². The third kappa shape index (κ3) is 1.94. The zero-order valence-corrected chi connectivity index (χ0v) is 12.2. The first-order chi connectivity index (χ1) is 10.7. The fraction of sp³-hybridized carbons (Fsp3) is 0.176. The number of aryl methyl sites for hydroxylation is 1. The second-order valence-corrected chi connectivity index (χ2v) is 5.46. The van der Waals surface area contributed by atoms with Gasteiger partial charge in [-0.15, -0.1) is 0 Å². The van der Waals surface area contributed by atoms with Crippen molar-refractivity contribution in [3.63, 3.8) is 0 Å². The summed E-state index contributed by atoms with van der Waals surface area (Å²) in [5.74, 6) is 1.06. The number of aromatic hydroxyl groups is 1. The third-order valence-electron chi connectivity index (χ3n) is 4.15. The number of nitrogens with one attached hydrogen (secondary N) is 1. The van der Waals surface area contributed by atoms with Crippen LogP contribution in [0, 0.1) is 0 Å². The molecular weight excluding hydrogens is 276 g/mol. The number of hydrogen-bond acceptors (Lipinski definition) is 4. The molecule has 0 unspecified atom stereocenters. The van der Waals surface area contributed by atoms with Gasteiger partial charge in [-0.1, -0.05) is 24.3 Å². The van der Waals surface area contributed by atoms with Crippen molar-refractivity contribution in [2.45, 2.75) is 12.8 Å². The average Bonchev–Trinajstić information content (AvgIpc) is 3.08. The smallest absolute Gasteiger partial charge is 0.224 e. The number of nitrogens with zero attached hydrogens (tertiary/aromatic N) is 3. The van der Waals surface area contributed by atoms with Gasteiger partial charge >= 0.3 is 0 Å². The maximum Gasteiger partial charge on any atom is 0.224 e. The fourth-order valence-corrected chi connectivity index (χ4v) is 2.96. The lowest BCUT2D eigenvalue weighted by atomic mass is 10.1. The second-order valence-electron chi connectivity index (χ2n) is 5.46. The molecule has 22 heavy (non-hydrogen) atoms. The van der Waals surface area contributed by atoms with E-state index in [0.717, 1.165) is 40.7 Å². The van der Waals surface area contributed by atoms with Crippen molar-refractivity contribution in [2.75, 3.05) is 5.43 Å². The number of anilines is 1. The Morgan fingerprint density at radius 1 is 1.14 bits per heavy atom. The van der Waals surface area contributed by atoms with Crippen LogP contribution in [0.4, 0.5) is 5.95 Å². The number of benzene rings is 2. The maximum absolute atomic E-state index is 9.88. The zero-order chi connectivity index (χ0) is 15.1. The van der Waals surface area contributed by atoms with E-state index in [0.29, 0.717) is 11.7 Å². The van der Waals surface area contributed by atoms with Crippen molar-refractivity contribution in [1.29, 1.82) is 0 Å². The molecule has 1 aliphatic rings. The molecule has 0 bridgehead atoms. The molecule has 0 amide bonds. The lowest BCUT2D eigenvalue weighted by Gasteiger charge is -2.04. The van der Waals surface area contributed by atoms with Gasteiger partial charge in [-0.3, -0.25) is 0 Å². The molecule has 0 radical (unpaired) electrons. The summed E-state index contributed by atoms with van der Waals surface area (Å²) in [5.41, 5.74) is 8.02. The molecule has 3 aromatic rings. The van der Waals surface area contributed by atoms with E-state index in [1.807, 2.05) is 48.0 Å². The first-order valence-electron chi connectivity index (χ1n) is 7.29. The predicted octanol–water partition coefficient (Wildman–Crippen LogP) is 3.04. The SMILES string of the molecule is Cn1c(N/N=C2\CCc3c(O)cccc32)nc2ccccc21. The van der Waals surface area contributed by atoms with Gasteiger partial charge in [0, 0.05) is 18.2 Å². The van der Waals surface area contributed by atoms with Gasteiger partial charge in [0.1, 0.15) is 5.75 Å². The van der Waals surface area contributed by atoms with Crippen LogP contribution in [0.15, 0.2) is 47.6 Å². The topological polar surface area (TPSA) is 62.4 Å². The van der Waals surface area contributed by atoms with Crippen LogP contribution in [0.25, 0.3) is 11.0 Å². The summed E-state index contributed by atoms with van der Waals surface area (Å²) >= 11 is 0. The highest BCUT2D eigenvalue weighted by Gasteiger charge is 2.20. The average molecular weight is 292 g/mol. The number of fused-ring (bicyclic) bond motifs is 2. The summed E-state index contributed by atoms with van der Waals surface area (Å²) in [5, 5.41) is 14.4. The summed E-state index contributed by atoms with van der Waals surface area (Å²) < 4.78 is 1.98. The molecule has 0 saturated carbocycles. The van der Waals surface area contributed by atoms with E-state index in [1.165, 1.54) is 0 Å². The molecule has 0 fully saturated rings. The monoisotopic (exact) mass is 292 g/mol. The predicted molar refractivity (Wildman–Crippen MR) is 87.3 cm³/mol. The molecular formula is C17H16N4O. The summed E-state index contributed by atoms with van der Waals surface area (Å²) in [4.78, 5) is 4.54. The lowest BCUT2D eigenvalue weighted by Crippen LogP contribution is -2.03. The molecule has 2 aromatic carbocycles. The fourth-order valence-electron chi connectivity index (χ4n) is 2.96. The molecule has 5 heteroatoms. The first-order valence-corrected chi connectivity index (χ1v) is 7.29. The van der Waals surface area contributed by atoms with Crippen LogP contribution in [0.1, 0.15) is 17.5 Å². The van der Waals surface area contributed by atoms with Crippen LogP contribution in [0.3, 0.4) is 0 Å². The van der Waals surface area contributed by atoms with Crippen LogP contribution in [0.2, 0.25) is 0 Å². The van der Waals surface area contributed by atoms with E-state index >= 15 is 0 Å². The van der Waals surface area contributed by atoms with Crippen LogP contribution in [-0.2, 0) is 13.5 Å². The number of para-hydroxylation sites is 2. The number of rotatable bonds is 2. The van der Waals surface area contributed by atoms with Gasteiger partial charge in [-0.05, 0) is 31.0 Å². The molecule has 1 heterocycles. The van der Waals surface area contributed by atoms with Gasteiger partial charge in [-0.2, -0.15) is 5.10 Å². The van der Waals surface area contributed by atoms with Gasteiger partial charge in [0.2, 0.25) is 5.95 Å². The lowest BCUT2D eigenvalue weighted by molar-refractivity contribution is 0.469. The van der Waals surface area contributed by atoms with Crippen LogP contribution in [0.5, 0.6) is 5.75 Å². The molecule has 1 aromatic heterocycles. The largest absolute Gasteiger partial charge is 0.508 e. The minimum Gasteiger partial charge on any atom is -0.508 e. The van der Waals surface area contributed by atoms with Crippen molar-refractivity contribution >= 4 is 22.7 Å². The molecule has 4 rings (SSSR count). The molecule has 1 aliphatic carbocycles. The third-order valence-corrected chi connectivity index (χ3v) is 4.15. The highest BCUT2D eigenvalue weighted by atomic mass is 16.3. The van der Waals surface area contributed by atoms with Crippen molar-refractivity contribution in [1.82, 2.24) is 9.55 Å². The van der Waals surface area contributed by atoms with Gasteiger partial charge < -0.3 is 9.67 Å². The van der Waals surface area contributed by atoms with E-state index in [2.05, 4.69) is 15.5 Å². The second kappa shape index (κ2) is 4.87. The highest BCUT2D eigenvalue weighted by Crippen LogP contribution is 2.30. The van der Waals surface area contributed by atoms with Crippen molar-refractivity contribution < 1.29 is 5.11 Å². The maximum atomic E-state index is 9.88. The minimum atomic E-state index is 0.352. The molecule has 0 saturated heterocycles. The van der Waals surface area contributed by atoms with E-state index in [9.17, 15) is 5.11 Å². The Balaban J connectivity index is 1.68. The first kappa shape index (κ1) is 12.9. The normalized spacial score (nSPS) is 15.4. The van der Waals surface area contributed by atoms with Crippen LogP contribution in [-0.4, -0.2) is 20.4 Å². The van der Waals surface area contributed by atoms with E-state index < -0.39 is 0 Å².